The topological polar surface area (TPSA) is 57.3 Å². The molecule has 1 amide bonds. The molecule has 2 aliphatic rings. The number of nitrogens with zero attached hydrogens (tertiary/aromatic N) is 2. The van der Waals surface area contributed by atoms with Gasteiger partial charge >= 0.3 is 0 Å². The van der Waals surface area contributed by atoms with Crippen LogP contribution in [0.4, 0.5) is 0 Å². The van der Waals surface area contributed by atoms with Gasteiger partial charge in [-0.1, -0.05) is 13.0 Å². The minimum absolute atomic E-state index is 0.220. The lowest BCUT2D eigenvalue weighted by Gasteiger charge is -2.38. The maximum atomic E-state index is 12.6. The molecule has 2 N–H and O–H groups in total. The third-order valence-corrected chi connectivity index (χ3v) is 5.33. The van der Waals surface area contributed by atoms with Crippen LogP contribution < -0.4 is 10.6 Å². The molecule has 3 rings (SSSR count). The average molecular weight is 316 g/mol. The van der Waals surface area contributed by atoms with Gasteiger partial charge in [-0.15, -0.1) is 0 Å². The van der Waals surface area contributed by atoms with E-state index in [0.717, 1.165) is 51.3 Å². The normalized spacial score (nSPS) is 31.9. The van der Waals surface area contributed by atoms with Crippen LogP contribution in [0.15, 0.2) is 24.4 Å². The summed E-state index contributed by atoms with van der Waals surface area (Å²) >= 11 is 0. The van der Waals surface area contributed by atoms with Crippen molar-refractivity contribution in [1.82, 2.24) is 20.5 Å². The fraction of sp³-hybridized carbons (Fsp3) is 0.667. The van der Waals surface area contributed by atoms with Crippen LogP contribution in [0, 0.1) is 11.3 Å². The number of aromatic nitrogens is 1. The van der Waals surface area contributed by atoms with Crippen molar-refractivity contribution < 1.29 is 4.79 Å². The van der Waals surface area contributed by atoms with Gasteiger partial charge in [-0.25, -0.2) is 0 Å². The quantitative estimate of drug-likeness (QED) is 0.882. The smallest absolute Gasteiger partial charge is 0.227 e. The van der Waals surface area contributed by atoms with E-state index in [0.29, 0.717) is 12.0 Å². The molecule has 3 heterocycles. The first-order valence-electron chi connectivity index (χ1n) is 8.71. The molecule has 1 aromatic heterocycles. The summed E-state index contributed by atoms with van der Waals surface area (Å²) in [6.07, 6.45) is 3.80. The van der Waals surface area contributed by atoms with Crippen LogP contribution in [0.1, 0.15) is 32.4 Å². The molecule has 3 atom stereocenters. The van der Waals surface area contributed by atoms with Crippen molar-refractivity contribution >= 4 is 5.91 Å². The van der Waals surface area contributed by atoms with Gasteiger partial charge in [0.15, 0.2) is 0 Å². The van der Waals surface area contributed by atoms with Gasteiger partial charge in [-0.3, -0.25) is 14.7 Å². The summed E-state index contributed by atoms with van der Waals surface area (Å²) in [4.78, 5) is 19.4. The summed E-state index contributed by atoms with van der Waals surface area (Å²) in [5.41, 5.74) is 0.886. The molecule has 0 saturated carbocycles. The van der Waals surface area contributed by atoms with Crippen LogP contribution >= 0.6 is 0 Å². The van der Waals surface area contributed by atoms with Gasteiger partial charge < -0.3 is 10.6 Å². The molecule has 0 unspecified atom stereocenters. The Labute approximate surface area is 138 Å². The zero-order valence-electron chi connectivity index (χ0n) is 14.2. The van der Waals surface area contributed by atoms with E-state index in [4.69, 9.17) is 0 Å². The number of rotatable bonds is 4. The lowest BCUT2D eigenvalue weighted by atomic mass is 9.86. The van der Waals surface area contributed by atoms with Crippen molar-refractivity contribution in [3.8, 4) is 0 Å². The summed E-state index contributed by atoms with van der Waals surface area (Å²) in [7, 11) is 0. The number of piperidine rings is 1. The van der Waals surface area contributed by atoms with Crippen molar-refractivity contribution in [3.63, 3.8) is 0 Å². The van der Waals surface area contributed by atoms with E-state index in [-0.39, 0.29) is 11.3 Å². The second kappa shape index (κ2) is 6.97. The molecule has 0 aromatic carbocycles. The van der Waals surface area contributed by atoms with Crippen LogP contribution in [0.3, 0.4) is 0 Å². The minimum Gasteiger partial charge on any atom is -0.352 e. The summed E-state index contributed by atoms with van der Waals surface area (Å²) in [6.45, 7) is 8.98. The molecule has 0 radical (unpaired) electrons. The molecule has 2 fully saturated rings. The Morgan fingerprint density at radius 2 is 2.39 bits per heavy atom. The van der Waals surface area contributed by atoms with Crippen molar-refractivity contribution in [2.24, 2.45) is 11.3 Å². The predicted octanol–water partition coefficient (Wildman–Crippen LogP) is 1.41. The fourth-order valence-electron chi connectivity index (χ4n) is 3.66. The molecule has 2 saturated heterocycles. The van der Waals surface area contributed by atoms with Crippen molar-refractivity contribution in [1.29, 1.82) is 0 Å². The number of amides is 1. The number of carbonyl (C=O) groups excluding carboxylic acids is 1. The number of pyridine rings is 1. The van der Waals surface area contributed by atoms with E-state index < -0.39 is 0 Å². The second-order valence-electron chi connectivity index (χ2n) is 7.39. The third kappa shape index (κ3) is 3.90. The summed E-state index contributed by atoms with van der Waals surface area (Å²) in [5.74, 6) is 0.687. The molecule has 1 aromatic rings. The summed E-state index contributed by atoms with van der Waals surface area (Å²) in [5, 5.41) is 6.61. The van der Waals surface area contributed by atoms with E-state index in [1.807, 2.05) is 18.3 Å². The largest absolute Gasteiger partial charge is 0.352 e. The van der Waals surface area contributed by atoms with Crippen LogP contribution in [0.2, 0.25) is 0 Å². The Bertz CT molecular complexity index is 527. The number of nitrogens with one attached hydrogen (secondary N) is 2. The Hall–Kier alpha value is -1.46. The van der Waals surface area contributed by atoms with E-state index >= 15 is 0 Å². The molecule has 2 aliphatic heterocycles. The Kier molecular flexibility index (Phi) is 4.97. The first-order chi connectivity index (χ1) is 11.1. The molecule has 5 heteroatoms. The Balaban J connectivity index is 1.51. The molecule has 0 bridgehead atoms. The third-order valence-electron chi connectivity index (χ3n) is 5.33. The highest BCUT2D eigenvalue weighted by atomic mass is 16.2. The highest BCUT2D eigenvalue weighted by Gasteiger charge is 2.38. The van der Waals surface area contributed by atoms with Gasteiger partial charge in [0.05, 0.1) is 11.1 Å². The maximum Gasteiger partial charge on any atom is 0.227 e. The zero-order chi connectivity index (χ0) is 16.3. The van der Waals surface area contributed by atoms with E-state index in [9.17, 15) is 4.79 Å². The van der Waals surface area contributed by atoms with Gasteiger partial charge in [0.2, 0.25) is 5.91 Å². The lowest BCUT2D eigenvalue weighted by Crippen LogP contribution is -2.53. The SMILES string of the molecule is C[C@@H]1CN(Cc2ccccn2)CC[C@H]1NC(=O)[C@@]1(C)CCNC1. The minimum atomic E-state index is -0.231. The number of carbonyl (C=O) groups is 1. The van der Waals surface area contributed by atoms with Crippen molar-refractivity contribution in [2.45, 2.75) is 39.3 Å². The zero-order valence-corrected chi connectivity index (χ0v) is 14.2. The number of likely N-dealkylation sites (tertiary alicyclic amines) is 1. The van der Waals surface area contributed by atoms with Crippen LogP contribution in [0.25, 0.3) is 0 Å². The summed E-state index contributed by atoms with van der Waals surface area (Å²) in [6, 6.07) is 6.35. The van der Waals surface area contributed by atoms with Gasteiger partial charge in [0, 0.05) is 38.4 Å². The Morgan fingerprint density at radius 1 is 1.52 bits per heavy atom. The molecule has 0 spiro atoms. The molecular weight excluding hydrogens is 288 g/mol. The predicted molar refractivity (Wildman–Crippen MR) is 90.8 cm³/mol. The highest BCUT2D eigenvalue weighted by molar-refractivity contribution is 5.83. The van der Waals surface area contributed by atoms with Crippen LogP contribution in [-0.4, -0.2) is 48.0 Å². The van der Waals surface area contributed by atoms with E-state index in [1.165, 1.54) is 0 Å². The van der Waals surface area contributed by atoms with Crippen LogP contribution in [-0.2, 0) is 11.3 Å². The standard InChI is InChI=1S/C18H28N4O/c1-14-11-22(12-15-5-3-4-8-20-15)10-6-16(14)21-17(23)18(2)7-9-19-13-18/h3-5,8,14,16,19H,6-7,9-13H2,1-2H3,(H,21,23)/t14-,16-,18+/m1/s1. The van der Waals surface area contributed by atoms with Crippen LogP contribution in [0.5, 0.6) is 0 Å². The molecular formula is C18H28N4O. The second-order valence-corrected chi connectivity index (χ2v) is 7.39. The van der Waals surface area contributed by atoms with E-state index in [1.54, 1.807) is 0 Å². The summed E-state index contributed by atoms with van der Waals surface area (Å²) < 4.78 is 0. The van der Waals surface area contributed by atoms with Gasteiger partial charge in [0.25, 0.3) is 0 Å². The van der Waals surface area contributed by atoms with Gasteiger partial charge in [0.1, 0.15) is 0 Å². The fourth-order valence-corrected chi connectivity index (χ4v) is 3.66. The van der Waals surface area contributed by atoms with Crippen molar-refractivity contribution in [2.75, 3.05) is 26.2 Å². The van der Waals surface area contributed by atoms with Gasteiger partial charge in [-0.2, -0.15) is 0 Å². The Morgan fingerprint density at radius 3 is 3.04 bits per heavy atom. The maximum absolute atomic E-state index is 12.6. The first kappa shape index (κ1) is 16.4. The molecule has 23 heavy (non-hydrogen) atoms. The lowest BCUT2D eigenvalue weighted by molar-refractivity contribution is -0.130. The molecule has 126 valence electrons. The van der Waals surface area contributed by atoms with Crippen molar-refractivity contribution in [3.05, 3.63) is 30.1 Å². The molecule has 0 aliphatic carbocycles. The number of hydrogen-bond acceptors (Lipinski definition) is 4. The monoisotopic (exact) mass is 316 g/mol. The number of hydrogen-bond donors (Lipinski definition) is 2. The van der Waals surface area contributed by atoms with Gasteiger partial charge in [-0.05, 0) is 44.4 Å². The average Bonchev–Trinajstić information content (AvgIpc) is 2.99. The van der Waals surface area contributed by atoms with E-state index in [2.05, 4.69) is 40.4 Å². The highest BCUT2D eigenvalue weighted by Crippen LogP contribution is 2.26. The molecule has 5 nitrogen and oxygen atoms in total. The first-order valence-corrected chi connectivity index (χ1v) is 8.71.